The van der Waals surface area contributed by atoms with E-state index in [1.165, 1.54) is 0 Å². The van der Waals surface area contributed by atoms with Gasteiger partial charge in [-0.05, 0) is 12.0 Å². The highest BCUT2D eigenvalue weighted by molar-refractivity contribution is 5.41. The molecule has 0 aliphatic rings. The minimum absolute atomic E-state index is 0.233. The smallest absolute Gasteiger partial charge is 0.124 e. The second kappa shape index (κ2) is 4.40. The average Bonchev–Trinajstić information content (AvgIpc) is 2.13. The summed E-state index contributed by atoms with van der Waals surface area (Å²) in [7, 11) is 0. The van der Waals surface area contributed by atoms with Crippen LogP contribution in [0.25, 0.3) is 0 Å². The highest BCUT2D eigenvalue weighted by Gasteiger charge is 2.04. The molecule has 0 atom stereocenters. The Morgan fingerprint density at radius 1 is 1.46 bits per heavy atom. The fourth-order valence-corrected chi connectivity index (χ4v) is 1.18. The number of hydrogen-bond acceptors (Lipinski definition) is 3. The number of phenols is 1. The van der Waals surface area contributed by atoms with Gasteiger partial charge in [0.15, 0.2) is 0 Å². The van der Waals surface area contributed by atoms with Gasteiger partial charge in [-0.1, -0.05) is 24.3 Å². The van der Waals surface area contributed by atoms with Crippen molar-refractivity contribution < 1.29 is 5.11 Å². The summed E-state index contributed by atoms with van der Waals surface area (Å²) in [4.78, 5) is 0. The van der Waals surface area contributed by atoms with E-state index in [-0.39, 0.29) is 12.3 Å². The fourth-order valence-electron chi connectivity index (χ4n) is 1.18. The molecule has 3 nitrogen and oxygen atoms in total. The van der Waals surface area contributed by atoms with Crippen molar-refractivity contribution in [2.75, 3.05) is 0 Å². The summed E-state index contributed by atoms with van der Waals surface area (Å²) < 4.78 is 0. The molecule has 1 aromatic carbocycles. The minimum Gasteiger partial charge on any atom is -0.507 e. The van der Waals surface area contributed by atoms with Gasteiger partial charge in [-0.3, -0.25) is 0 Å². The Balaban J connectivity index is 3.02. The van der Waals surface area contributed by atoms with Crippen LogP contribution in [0.1, 0.15) is 11.1 Å². The molecule has 0 saturated heterocycles. The Morgan fingerprint density at radius 2 is 2.15 bits per heavy atom. The highest BCUT2D eigenvalue weighted by Crippen LogP contribution is 2.23. The largest absolute Gasteiger partial charge is 0.507 e. The molecule has 1 aromatic rings. The van der Waals surface area contributed by atoms with Crippen molar-refractivity contribution in [2.24, 2.45) is 5.11 Å². The second-order valence-electron chi connectivity index (χ2n) is 2.73. The first kappa shape index (κ1) is 9.45. The molecule has 0 radical (unpaired) electrons. The van der Waals surface area contributed by atoms with Crippen molar-refractivity contribution in [3.05, 3.63) is 42.0 Å². The lowest BCUT2D eigenvalue weighted by molar-refractivity contribution is 0.462. The number of phenolic OH excluding ortho intramolecular Hbond substituents is 1. The van der Waals surface area contributed by atoms with Crippen LogP contribution in [-0.2, 0) is 13.0 Å². The van der Waals surface area contributed by atoms with Gasteiger partial charge in [-0.15, -0.1) is 6.58 Å². The van der Waals surface area contributed by atoms with Crippen LogP contribution in [0.15, 0.2) is 36.0 Å². The van der Waals surface area contributed by atoms with Crippen LogP contribution in [0.4, 0.5) is 0 Å². The Kier molecular flexibility index (Phi) is 3.20. The van der Waals surface area contributed by atoms with E-state index < -0.39 is 0 Å². The summed E-state index contributed by atoms with van der Waals surface area (Å²) in [5.74, 6) is 0.235. The summed E-state index contributed by atoms with van der Waals surface area (Å²) in [6.07, 6.45) is 2.37. The Hall–Kier alpha value is -1.64. The van der Waals surface area contributed by atoms with Crippen LogP contribution in [0.5, 0.6) is 5.75 Å². The molecule has 0 fully saturated rings. The van der Waals surface area contributed by atoms with Gasteiger partial charge >= 0.3 is 0 Å². The van der Waals surface area contributed by atoms with Crippen molar-refractivity contribution in [3.63, 3.8) is 0 Å². The highest BCUT2D eigenvalue weighted by atomic mass is 16.3. The van der Waals surface area contributed by atoms with E-state index in [4.69, 9.17) is 5.53 Å². The van der Waals surface area contributed by atoms with Crippen LogP contribution in [0, 0.1) is 5.53 Å². The van der Waals surface area contributed by atoms with E-state index in [0.717, 1.165) is 5.56 Å². The van der Waals surface area contributed by atoms with Crippen molar-refractivity contribution in [2.45, 2.75) is 13.0 Å². The van der Waals surface area contributed by atoms with Gasteiger partial charge in [0.2, 0.25) is 0 Å². The number of allylic oxidation sites excluding steroid dienone is 1. The molecule has 0 saturated carbocycles. The number of nitrogens with zero attached hydrogens (tertiary/aromatic N) is 1. The lowest BCUT2D eigenvalue weighted by atomic mass is 10.1. The maximum atomic E-state index is 9.66. The summed E-state index contributed by atoms with van der Waals surface area (Å²) in [6, 6.07) is 5.45. The number of benzene rings is 1. The summed E-state index contributed by atoms with van der Waals surface area (Å²) in [5.41, 5.74) is 8.22. The first-order chi connectivity index (χ1) is 6.29. The lowest BCUT2D eigenvalue weighted by Crippen LogP contribution is -1.88. The molecule has 0 heterocycles. The fraction of sp³-hybridized carbons (Fsp3) is 0.200. The van der Waals surface area contributed by atoms with Gasteiger partial charge in [-0.25, -0.2) is 5.53 Å². The van der Waals surface area contributed by atoms with E-state index in [1.54, 1.807) is 12.1 Å². The van der Waals surface area contributed by atoms with Crippen LogP contribution in [-0.4, -0.2) is 5.11 Å². The molecule has 0 unspecified atom stereocenters. The lowest BCUT2D eigenvalue weighted by Gasteiger charge is -2.05. The number of rotatable bonds is 4. The number of nitrogens with one attached hydrogen (secondary N) is 1. The van der Waals surface area contributed by atoms with Crippen LogP contribution < -0.4 is 0 Å². The third-order valence-electron chi connectivity index (χ3n) is 1.82. The molecule has 3 heteroatoms. The predicted octanol–water partition coefficient (Wildman–Crippen LogP) is 2.65. The SMILES string of the molecule is C=CCc1cccc(CN=N)c1O. The van der Waals surface area contributed by atoms with Gasteiger partial charge in [0.25, 0.3) is 0 Å². The van der Waals surface area contributed by atoms with Gasteiger partial charge in [0.05, 0.1) is 6.54 Å². The van der Waals surface area contributed by atoms with Gasteiger partial charge in [-0.2, -0.15) is 5.11 Å². The molecule has 0 aliphatic heterocycles. The monoisotopic (exact) mass is 176 g/mol. The standard InChI is InChI=1S/C10H12N2O/c1-2-4-8-5-3-6-9(7-12-11)10(8)13/h2-3,5-6,11,13H,1,4,7H2. The van der Waals surface area contributed by atoms with Gasteiger partial charge in [0.1, 0.15) is 5.75 Å². The molecule has 0 aliphatic carbocycles. The summed E-state index contributed by atoms with van der Waals surface area (Å²) in [6.45, 7) is 3.83. The zero-order valence-electron chi connectivity index (χ0n) is 7.33. The van der Waals surface area contributed by atoms with Crippen molar-refractivity contribution in [1.82, 2.24) is 0 Å². The average molecular weight is 176 g/mol. The maximum absolute atomic E-state index is 9.66. The van der Waals surface area contributed by atoms with Crippen molar-refractivity contribution >= 4 is 0 Å². The third kappa shape index (κ3) is 2.15. The minimum atomic E-state index is 0.233. The summed E-state index contributed by atoms with van der Waals surface area (Å²) in [5, 5.41) is 12.9. The molecule has 0 spiro atoms. The molecular formula is C10H12N2O. The number of aromatic hydroxyl groups is 1. The van der Waals surface area contributed by atoms with Gasteiger partial charge in [0, 0.05) is 5.56 Å². The Bertz CT molecular complexity index is 292. The van der Waals surface area contributed by atoms with E-state index in [9.17, 15) is 5.11 Å². The maximum Gasteiger partial charge on any atom is 0.124 e. The Labute approximate surface area is 77.2 Å². The number of hydrogen-bond donors (Lipinski definition) is 2. The molecule has 13 heavy (non-hydrogen) atoms. The van der Waals surface area contributed by atoms with Gasteiger partial charge < -0.3 is 5.11 Å². The first-order valence-corrected chi connectivity index (χ1v) is 4.03. The number of para-hydroxylation sites is 1. The zero-order valence-corrected chi connectivity index (χ0v) is 7.33. The summed E-state index contributed by atoms with van der Waals surface area (Å²) >= 11 is 0. The topological polar surface area (TPSA) is 56.4 Å². The Morgan fingerprint density at radius 3 is 2.77 bits per heavy atom. The van der Waals surface area contributed by atoms with E-state index in [2.05, 4.69) is 11.7 Å². The predicted molar refractivity (Wildman–Crippen MR) is 50.9 cm³/mol. The molecular weight excluding hydrogens is 164 g/mol. The van der Waals surface area contributed by atoms with E-state index in [0.29, 0.717) is 12.0 Å². The van der Waals surface area contributed by atoms with Crippen LogP contribution in [0.3, 0.4) is 0 Å². The van der Waals surface area contributed by atoms with E-state index >= 15 is 0 Å². The zero-order chi connectivity index (χ0) is 9.68. The normalized spacial score (nSPS) is 9.54. The molecule has 0 amide bonds. The third-order valence-corrected chi connectivity index (χ3v) is 1.82. The quantitative estimate of drug-likeness (QED) is 0.537. The van der Waals surface area contributed by atoms with Crippen LogP contribution in [0.2, 0.25) is 0 Å². The second-order valence-corrected chi connectivity index (χ2v) is 2.73. The molecule has 68 valence electrons. The molecule has 1 rings (SSSR count). The van der Waals surface area contributed by atoms with Crippen molar-refractivity contribution in [3.8, 4) is 5.75 Å². The first-order valence-electron chi connectivity index (χ1n) is 4.03. The molecule has 0 bridgehead atoms. The van der Waals surface area contributed by atoms with Crippen molar-refractivity contribution in [1.29, 1.82) is 5.53 Å². The van der Waals surface area contributed by atoms with E-state index in [1.807, 2.05) is 12.1 Å². The molecule has 0 aromatic heterocycles. The van der Waals surface area contributed by atoms with Crippen LogP contribution >= 0.6 is 0 Å². The molecule has 2 N–H and O–H groups in total.